The van der Waals surface area contributed by atoms with Crippen molar-refractivity contribution in [2.45, 2.75) is 24.8 Å². The predicted molar refractivity (Wildman–Crippen MR) is 131 cm³/mol. The van der Waals surface area contributed by atoms with Crippen molar-refractivity contribution >= 4 is 49.6 Å². The quantitative estimate of drug-likeness (QED) is 0.205. The monoisotopic (exact) mass is 517 g/mol. The molecule has 9 heteroatoms. The Morgan fingerprint density at radius 3 is 2.26 bits per heavy atom. The van der Waals surface area contributed by atoms with Gasteiger partial charge in [-0.1, -0.05) is 80.0 Å². The Kier molecular flexibility index (Phi) is 5.30. The largest absolute Gasteiger partial charge is 0.534 e. The van der Waals surface area contributed by atoms with Crippen LogP contribution in [0.4, 0.5) is 30.2 Å². The average Bonchev–Trinajstić information content (AvgIpc) is 2.79. The Balaban J connectivity index is 1.89. The van der Waals surface area contributed by atoms with Gasteiger partial charge in [-0.15, -0.1) is 0 Å². The van der Waals surface area contributed by atoms with E-state index in [2.05, 4.69) is 0 Å². The highest BCUT2D eigenvalue weighted by Crippen LogP contribution is 2.55. The third-order valence-electron chi connectivity index (χ3n) is 6.26. The van der Waals surface area contributed by atoms with Crippen molar-refractivity contribution in [3.05, 3.63) is 95.0 Å². The molecule has 0 aliphatic carbocycles. The van der Waals surface area contributed by atoms with Crippen LogP contribution in [0.25, 0.3) is 10.8 Å². The first-order valence-electron chi connectivity index (χ1n) is 10.6. The smallest absolute Gasteiger partial charge is 0.374 e. The number of hydrogen-bond acceptors (Lipinski definition) is 4. The van der Waals surface area contributed by atoms with Gasteiger partial charge < -0.3 is 9.08 Å². The molecule has 0 bridgehead atoms. The van der Waals surface area contributed by atoms with E-state index in [9.17, 15) is 21.6 Å². The molecule has 0 aromatic heterocycles. The second kappa shape index (κ2) is 7.90. The Hall–Kier alpha value is -3.23. The molecule has 0 fully saturated rings. The second-order valence-electron chi connectivity index (χ2n) is 8.76. The van der Waals surface area contributed by atoms with E-state index in [1.807, 2.05) is 44.2 Å². The standard InChI is InChI=1S/C26H19ClF3NO3S/c1-25(2)19-9-5-6-10-21(19)31(22-15-17(27)12-13-20(22)25)24-18-8-4-3-7-16(18)11-14-23(24)34-35(32,33)26(28,29)30/h3-15H,1-2H3. The summed E-state index contributed by atoms with van der Waals surface area (Å²) in [6.45, 7) is 4.09. The average molecular weight is 518 g/mol. The van der Waals surface area contributed by atoms with Gasteiger partial charge in [0, 0.05) is 15.8 Å². The number of fused-ring (bicyclic) bond motifs is 3. The second-order valence-corrected chi connectivity index (χ2v) is 10.7. The van der Waals surface area contributed by atoms with Gasteiger partial charge in [0.15, 0.2) is 5.75 Å². The summed E-state index contributed by atoms with van der Waals surface area (Å²) in [5.41, 5.74) is -2.80. The fourth-order valence-corrected chi connectivity index (χ4v) is 5.26. The molecule has 0 radical (unpaired) electrons. The maximum Gasteiger partial charge on any atom is 0.534 e. The van der Waals surface area contributed by atoms with Gasteiger partial charge >= 0.3 is 15.6 Å². The zero-order chi connectivity index (χ0) is 25.2. The molecule has 0 amide bonds. The van der Waals surface area contributed by atoms with Gasteiger partial charge in [-0.2, -0.15) is 21.6 Å². The summed E-state index contributed by atoms with van der Waals surface area (Å²) in [6.07, 6.45) is 0. The Morgan fingerprint density at radius 1 is 0.857 bits per heavy atom. The van der Waals surface area contributed by atoms with Crippen LogP contribution in [0.1, 0.15) is 25.0 Å². The fraction of sp³-hybridized carbons (Fsp3) is 0.154. The van der Waals surface area contributed by atoms with Crippen LogP contribution >= 0.6 is 11.6 Å². The van der Waals surface area contributed by atoms with E-state index in [4.69, 9.17) is 15.8 Å². The summed E-state index contributed by atoms with van der Waals surface area (Å²) >= 11 is 6.37. The van der Waals surface area contributed by atoms with Crippen molar-refractivity contribution < 1.29 is 25.8 Å². The molecular formula is C26H19ClF3NO3S. The molecule has 1 aliphatic heterocycles. The summed E-state index contributed by atoms with van der Waals surface area (Å²) in [7, 11) is -5.92. The Morgan fingerprint density at radius 2 is 1.51 bits per heavy atom. The molecule has 0 saturated heterocycles. The fourth-order valence-electron chi connectivity index (χ4n) is 4.63. The normalized spacial score (nSPS) is 15.0. The molecule has 35 heavy (non-hydrogen) atoms. The molecule has 4 nitrogen and oxygen atoms in total. The third kappa shape index (κ3) is 3.72. The van der Waals surface area contributed by atoms with Crippen molar-refractivity contribution in [1.82, 2.24) is 0 Å². The molecule has 0 N–H and O–H groups in total. The van der Waals surface area contributed by atoms with Crippen molar-refractivity contribution in [3.63, 3.8) is 0 Å². The van der Waals surface area contributed by atoms with E-state index in [0.717, 1.165) is 11.1 Å². The number of nitrogens with zero attached hydrogens (tertiary/aromatic N) is 1. The summed E-state index contributed by atoms with van der Waals surface area (Å²) in [6, 6.07) is 22.6. The van der Waals surface area contributed by atoms with Gasteiger partial charge in [-0.3, -0.25) is 0 Å². The van der Waals surface area contributed by atoms with Crippen molar-refractivity contribution in [2.24, 2.45) is 0 Å². The first-order valence-corrected chi connectivity index (χ1v) is 12.4. The lowest BCUT2D eigenvalue weighted by Crippen LogP contribution is -2.32. The minimum Gasteiger partial charge on any atom is -0.374 e. The van der Waals surface area contributed by atoms with Crippen LogP contribution in [-0.2, 0) is 15.5 Å². The maximum atomic E-state index is 13.3. The maximum absolute atomic E-state index is 13.3. The predicted octanol–water partition coefficient (Wildman–Crippen LogP) is 7.83. The molecule has 1 heterocycles. The molecule has 0 unspecified atom stereocenters. The molecular weight excluding hydrogens is 499 g/mol. The summed E-state index contributed by atoms with van der Waals surface area (Å²) < 4.78 is 68.7. The van der Waals surface area contributed by atoms with Crippen LogP contribution < -0.4 is 9.08 Å². The molecule has 5 rings (SSSR count). The van der Waals surface area contributed by atoms with E-state index in [1.54, 1.807) is 41.3 Å². The zero-order valence-corrected chi connectivity index (χ0v) is 20.2. The first kappa shape index (κ1) is 23.5. The lowest BCUT2D eigenvalue weighted by molar-refractivity contribution is -0.0499. The molecule has 180 valence electrons. The van der Waals surface area contributed by atoms with Gasteiger partial charge in [0.25, 0.3) is 0 Å². The SMILES string of the molecule is CC1(C)c2ccccc2N(c2c(OS(=O)(=O)C(F)(F)F)ccc3ccccc23)c2cc(Cl)ccc21. The van der Waals surface area contributed by atoms with E-state index in [0.29, 0.717) is 27.2 Å². The van der Waals surface area contributed by atoms with E-state index < -0.39 is 26.8 Å². The molecule has 4 aromatic rings. The lowest BCUT2D eigenvalue weighted by Gasteiger charge is -2.42. The summed E-state index contributed by atoms with van der Waals surface area (Å²) in [4.78, 5) is 1.73. The lowest BCUT2D eigenvalue weighted by atomic mass is 9.73. The number of hydrogen-bond donors (Lipinski definition) is 0. The summed E-state index contributed by atoms with van der Waals surface area (Å²) in [5, 5.41) is 1.64. The van der Waals surface area contributed by atoms with Gasteiger partial charge in [0.05, 0.1) is 17.1 Å². The van der Waals surface area contributed by atoms with Crippen molar-refractivity contribution in [3.8, 4) is 5.75 Å². The number of benzene rings is 4. The minimum atomic E-state index is -5.92. The Labute approximate surface area is 205 Å². The van der Waals surface area contributed by atoms with E-state index >= 15 is 0 Å². The number of para-hydroxylation sites is 1. The van der Waals surface area contributed by atoms with Gasteiger partial charge in [-0.25, -0.2) is 0 Å². The van der Waals surface area contributed by atoms with Crippen LogP contribution in [-0.4, -0.2) is 13.9 Å². The van der Waals surface area contributed by atoms with Crippen LogP contribution in [0.2, 0.25) is 5.02 Å². The van der Waals surface area contributed by atoms with Crippen LogP contribution in [0.5, 0.6) is 5.75 Å². The highest BCUT2D eigenvalue weighted by molar-refractivity contribution is 7.88. The van der Waals surface area contributed by atoms with E-state index in [1.165, 1.54) is 12.1 Å². The highest BCUT2D eigenvalue weighted by atomic mass is 35.5. The number of anilines is 3. The Bertz CT molecular complexity index is 1580. The first-order chi connectivity index (χ1) is 16.4. The van der Waals surface area contributed by atoms with Crippen molar-refractivity contribution in [2.75, 3.05) is 4.90 Å². The van der Waals surface area contributed by atoms with Gasteiger partial charge in [-0.05, 0) is 40.8 Å². The topological polar surface area (TPSA) is 46.6 Å². The van der Waals surface area contributed by atoms with Crippen molar-refractivity contribution in [1.29, 1.82) is 0 Å². The summed E-state index contributed by atoms with van der Waals surface area (Å²) in [5.74, 6) is -0.443. The minimum absolute atomic E-state index is 0.169. The van der Waals surface area contributed by atoms with Crippen LogP contribution in [0.3, 0.4) is 0 Å². The molecule has 0 atom stereocenters. The third-order valence-corrected chi connectivity index (χ3v) is 7.46. The van der Waals surface area contributed by atoms with Crippen LogP contribution in [0, 0.1) is 0 Å². The van der Waals surface area contributed by atoms with Crippen LogP contribution in [0.15, 0.2) is 78.9 Å². The number of alkyl halides is 3. The van der Waals surface area contributed by atoms with Gasteiger partial charge in [0.1, 0.15) is 0 Å². The zero-order valence-electron chi connectivity index (χ0n) is 18.6. The number of halogens is 4. The van der Waals surface area contributed by atoms with E-state index in [-0.39, 0.29) is 5.69 Å². The highest BCUT2D eigenvalue weighted by Gasteiger charge is 2.49. The molecule has 0 saturated carbocycles. The molecule has 1 aliphatic rings. The molecule has 4 aromatic carbocycles. The molecule has 0 spiro atoms. The number of rotatable bonds is 3. The van der Waals surface area contributed by atoms with Gasteiger partial charge in [0.2, 0.25) is 0 Å².